The fraction of sp³-hybridized carbons (Fsp3) is 0.636. The smallest absolute Gasteiger partial charge is 0.257 e. The Labute approximate surface area is 95.2 Å². The number of nitrogens with zero attached hydrogens (tertiary/aromatic N) is 2. The Bertz CT molecular complexity index is 379. The molecule has 0 aliphatic carbocycles. The molecule has 1 fully saturated rings. The van der Waals surface area contributed by atoms with Crippen molar-refractivity contribution in [3.05, 3.63) is 17.0 Å². The SMILES string of the molecule is CNC1CCN(C(=O)c2c(C)n[nH]c2C)C1. The van der Waals surface area contributed by atoms with Gasteiger partial charge in [-0.3, -0.25) is 9.89 Å². The second-order valence-corrected chi connectivity index (χ2v) is 4.33. The van der Waals surface area contributed by atoms with Crippen LogP contribution in [0.1, 0.15) is 28.2 Å². The van der Waals surface area contributed by atoms with E-state index in [4.69, 9.17) is 0 Å². The molecule has 0 spiro atoms. The number of likely N-dealkylation sites (tertiary alicyclic amines) is 1. The molecule has 2 heterocycles. The summed E-state index contributed by atoms with van der Waals surface area (Å²) >= 11 is 0. The molecular weight excluding hydrogens is 204 g/mol. The lowest BCUT2D eigenvalue weighted by atomic mass is 10.2. The molecule has 1 aromatic heterocycles. The third kappa shape index (κ3) is 1.82. The van der Waals surface area contributed by atoms with Crippen LogP contribution in [0.25, 0.3) is 0 Å². The average molecular weight is 222 g/mol. The summed E-state index contributed by atoms with van der Waals surface area (Å²) in [5.41, 5.74) is 2.38. The van der Waals surface area contributed by atoms with Gasteiger partial charge in [0.05, 0.1) is 11.3 Å². The predicted octanol–water partition coefficient (Wildman–Crippen LogP) is 0.460. The third-order valence-electron chi connectivity index (χ3n) is 3.23. The first-order valence-electron chi connectivity index (χ1n) is 5.61. The number of aromatic nitrogens is 2. The summed E-state index contributed by atoms with van der Waals surface area (Å²) in [5.74, 6) is 0.0986. The first kappa shape index (κ1) is 11.1. The molecule has 0 saturated carbocycles. The van der Waals surface area contributed by atoms with E-state index in [0.717, 1.165) is 36.5 Å². The van der Waals surface area contributed by atoms with Crippen LogP contribution in [-0.4, -0.2) is 47.2 Å². The predicted molar refractivity (Wildman–Crippen MR) is 61.4 cm³/mol. The number of likely N-dealkylation sites (N-methyl/N-ethyl adjacent to an activating group) is 1. The molecule has 0 aromatic carbocycles. The summed E-state index contributed by atoms with van der Waals surface area (Å²) in [6.45, 7) is 5.37. The lowest BCUT2D eigenvalue weighted by Gasteiger charge is -2.16. The van der Waals surface area contributed by atoms with E-state index in [1.54, 1.807) is 0 Å². The highest BCUT2D eigenvalue weighted by atomic mass is 16.2. The molecule has 2 rings (SSSR count). The second-order valence-electron chi connectivity index (χ2n) is 4.33. The number of aryl methyl sites for hydroxylation is 2. The van der Waals surface area contributed by atoms with Crippen LogP contribution >= 0.6 is 0 Å². The van der Waals surface area contributed by atoms with Crippen molar-refractivity contribution in [3.63, 3.8) is 0 Å². The Morgan fingerprint density at radius 3 is 2.81 bits per heavy atom. The van der Waals surface area contributed by atoms with E-state index in [1.165, 1.54) is 0 Å². The van der Waals surface area contributed by atoms with Gasteiger partial charge in [-0.15, -0.1) is 0 Å². The van der Waals surface area contributed by atoms with Crippen molar-refractivity contribution in [2.24, 2.45) is 0 Å². The first-order valence-corrected chi connectivity index (χ1v) is 5.61. The van der Waals surface area contributed by atoms with Gasteiger partial charge in [0.15, 0.2) is 0 Å². The van der Waals surface area contributed by atoms with Crippen molar-refractivity contribution < 1.29 is 4.79 Å². The number of carbonyl (C=O) groups is 1. The third-order valence-corrected chi connectivity index (χ3v) is 3.23. The van der Waals surface area contributed by atoms with E-state index < -0.39 is 0 Å². The minimum Gasteiger partial charge on any atom is -0.337 e. The van der Waals surface area contributed by atoms with Gasteiger partial charge < -0.3 is 10.2 Å². The lowest BCUT2D eigenvalue weighted by Crippen LogP contribution is -2.33. The molecule has 1 aliphatic rings. The topological polar surface area (TPSA) is 61.0 Å². The van der Waals surface area contributed by atoms with E-state index in [2.05, 4.69) is 15.5 Å². The van der Waals surface area contributed by atoms with E-state index in [0.29, 0.717) is 6.04 Å². The summed E-state index contributed by atoms with van der Waals surface area (Å²) in [6.07, 6.45) is 1.03. The lowest BCUT2D eigenvalue weighted by molar-refractivity contribution is 0.0788. The van der Waals surface area contributed by atoms with Crippen LogP contribution in [-0.2, 0) is 0 Å². The van der Waals surface area contributed by atoms with Crippen molar-refractivity contribution in [1.82, 2.24) is 20.4 Å². The molecule has 5 nitrogen and oxygen atoms in total. The zero-order valence-electron chi connectivity index (χ0n) is 10.0. The van der Waals surface area contributed by atoms with Gasteiger partial charge in [0, 0.05) is 24.8 Å². The van der Waals surface area contributed by atoms with Gasteiger partial charge in [-0.1, -0.05) is 0 Å². The van der Waals surface area contributed by atoms with Crippen molar-refractivity contribution in [3.8, 4) is 0 Å². The van der Waals surface area contributed by atoms with Gasteiger partial charge >= 0.3 is 0 Å². The van der Waals surface area contributed by atoms with Gasteiger partial charge in [0.2, 0.25) is 0 Å². The number of carbonyl (C=O) groups excluding carboxylic acids is 1. The average Bonchev–Trinajstić information content (AvgIpc) is 2.85. The summed E-state index contributed by atoms with van der Waals surface area (Å²) in [6, 6.07) is 0.427. The number of nitrogens with one attached hydrogen (secondary N) is 2. The van der Waals surface area contributed by atoms with Gasteiger partial charge in [-0.05, 0) is 27.3 Å². The Hall–Kier alpha value is -1.36. The Morgan fingerprint density at radius 1 is 1.56 bits per heavy atom. The zero-order valence-corrected chi connectivity index (χ0v) is 10.0. The van der Waals surface area contributed by atoms with Crippen molar-refractivity contribution >= 4 is 5.91 Å². The fourth-order valence-electron chi connectivity index (χ4n) is 2.20. The van der Waals surface area contributed by atoms with Crippen molar-refractivity contribution in [2.75, 3.05) is 20.1 Å². The highest BCUT2D eigenvalue weighted by molar-refractivity contribution is 5.96. The van der Waals surface area contributed by atoms with Crippen molar-refractivity contribution in [1.29, 1.82) is 0 Å². The molecular formula is C11H18N4O. The minimum atomic E-state index is 0.0986. The van der Waals surface area contributed by atoms with Crippen LogP contribution in [0.5, 0.6) is 0 Å². The van der Waals surface area contributed by atoms with E-state index in [9.17, 15) is 4.79 Å². The maximum atomic E-state index is 12.2. The monoisotopic (exact) mass is 222 g/mol. The highest BCUT2D eigenvalue weighted by Gasteiger charge is 2.28. The number of rotatable bonds is 2. The van der Waals surface area contributed by atoms with Crippen LogP contribution in [0.4, 0.5) is 0 Å². The second kappa shape index (κ2) is 4.25. The van der Waals surface area contributed by atoms with E-state index >= 15 is 0 Å². The Morgan fingerprint density at radius 2 is 2.31 bits per heavy atom. The molecule has 2 N–H and O–H groups in total. The summed E-state index contributed by atoms with van der Waals surface area (Å²) in [7, 11) is 1.94. The summed E-state index contributed by atoms with van der Waals surface area (Å²) in [4.78, 5) is 14.1. The molecule has 1 atom stereocenters. The van der Waals surface area contributed by atoms with Crippen LogP contribution in [0.3, 0.4) is 0 Å². The zero-order chi connectivity index (χ0) is 11.7. The molecule has 88 valence electrons. The Balaban J connectivity index is 2.15. The van der Waals surface area contributed by atoms with Crippen LogP contribution in [0.2, 0.25) is 0 Å². The number of hydrogen-bond donors (Lipinski definition) is 2. The maximum absolute atomic E-state index is 12.2. The number of aromatic amines is 1. The molecule has 1 aliphatic heterocycles. The van der Waals surface area contributed by atoms with E-state index in [-0.39, 0.29) is 5.91 Å². The van der Waals surface area contributed by atoms with Crippen molar-refractivity contribution in [2.45, 2.75) is 26.3 Å². The first-order chi connectivity index (χ1) is 7.63. The number of H-pyrrole nitrogens is 1. The number of amides is 1. The largest absolute Gasteiger partial charge is 0.337 e. The molecule has 16 heavy (non-hydrogen) atoms. The molecule has 1 aromatic rings. The Kier molecular flexibility index (Phi) is 2.96. The van der Waals surface area contributed by atoms with Gasteiger partial charge in [0.25, 0.3) is 5.91 Å². The van der Waals surface area contributed by atoms with Gasteiger partial charge in [0.1, 0.15) is 0 Å². The number of hydrogen-bond acceptors (Lipinski definition) is 3. The normalized spacial score (nSPS) is 20.4. The fourth-order valence-corrected chi connectivity index (χ4v) is 2.20. The van der Waals surface area contributed by atoms with Gasteiger partial charge in [-0.25, -0.2) is 0 Å². The molecule has 1 unspecified atom stereocenters. The molecule has 0 bridgehead atoms. The van der Waals surface area contributed by atoms with Crippen LogP contribution < -0.4 is 5.32 Å². The summed E-state index contributed by atoms with van der Waals surface area (Å²) in [5, 5.41) is 10.1. The van der Waals surface area contributed by atoms with Crippen LogP contribution in [0, 0.1) is 13.8 Å². The molecule has 5 heteroatoms. The van der Waals surface area contributed by atoms with Crippen LogP contribution in [0.15, 0.2) is 0 Å². The summed E-state index contributed by atoms with van der Waals surface area (Å²) < 4.78 is 0. The minimum absolute atomic E-state index is 0.0986. The highest BCUT2D eigenvalue weighted by Crippen LogP contribution is 2.17. The standard InChI is InChI=1S/C11H18N4O/c1-7-10(8(2)14-13-7)11(16)15-5-4-9(6-15)12-3/h9,12H,4-6H2,1-3H3,(H,13,14). The quantitative estimate of drug-likeness (QED) is 0.764. The van der Waals surface area contributed by atoms with Gasteiger partial charge in [-0.2, -0.15) is 5.10 Å². The maximum Gasteiger partial charge on any atom is 0.257 e. The molecule has 1 saturated heterocycles. The molecule has 1 amide bonds. The van der Waals surface area contributed by atoms with E-state index in [1.807, 2.05) is 25.8 Å². The molecule has 0 radical (unpaired) electrons.